The van der Waals surface area contributed by atoms with Crippen LogP contribution in [0.15, 0.2) is 36.9 Å². The van der Waals surface area contributed by atoms with Gasteiger partial charge in [0, 0.05) is 6.04 Å². The standard InChI is InChI=1S/C16H25N/c1-5-6-7-8-16(17-4)15-11-9-14(10-12-15)13(2)3/h5,9-13,16-17H,1,6-8H2,2-4H3. The van der Waals surface area contributed by atoms with Crippen LogP contribution in [0.2, 0.25) is 0 Å². The predicted molar refractivity (Wildman–Crippen MR) is 76.4 cm³/mol. The molecule has 17 heavy (non-hydrogen) atoms. The molecule has 1 N–H and O–H groups in total. The Hall–Kier alpha value is -1.08. The molecule has 1 rings (SSSR count). The zero-order chi connectivity index (χ0) is 12.7. The Morgan fingerprint density at radius 2 is 1.76 bits per heavy atom. The third-order valence-electron chi connectivity index (χ3n) is 3.26. The van der Waals surface area contributed by atoms with Crippen LogP contribution in [0.4, 0.5) is 0 Å². The Bertz CT molecular complexity index is 324. The largest absolute Gasteiger partial charge is 0.313 e. The minimum atomic E-state index is 0.469. The molecular formula is C16H25N. The Morgan fingerprint density at radius 1 is 1.18 bits per heavy atom. The molecule has 0 saturated carbocycles. The highest BCUT2D eigenvalue weighted by Crippen LogP contribution is 2.22. The summed E-state index contributed by atoms with van der Waals surface area (Å²) >= 11 is 0. The smallest absolute Gasteiger partial charge is 0.0317 e. The van der Waals surface area contributed by atoms with E-state index in [1.165, 1.54) is 24.0 Å². The molecule has 0 spiro atoms. The molecule has 0 aliphatic heterocycles. The molecule has 0 radical (unpaired) electrons. The monoisotopic (exact) mass is 231 g/mol. The van der Waals surface area contributed by atoms with E-state index in [9.17, 15) is 0 Å². The van der Waals surface area contributed by atoms with Gasteiger partial charge in [0.25, 0.3) is 0 Å². The van der Waals surface area contributed by atoms with Crippen molar-refractivity contribution in [2.45, 2.75) is 45.1 Å². The van der Waals surface area contributed by atoms with Crippen molar-refractivity contribution in [3.8, 4) is 0 Å². The summed E-state index contributed by atoms with van der Waals surface area (Å²) < 4.78 is 0. The molecule has 0 aliphatic rings. The van der Waals surface area contributed by atoms with Gasteiger partial charge in [0.1, 0.15) is 0 Å². The van der Waals surface area contributed by atoms with Crippen LogP contribution in [0, 0.1) is 0 Å². The summed E-state index contributed by atoms with van der Waals surface area (Å²) in [5, 5.41) is 3.39. The molecule has 1 unspecified atom stereocenters. The molecule has 1 atom stereocenters. The van der Waals surface area contributed by atoms with Gasteiger partial charge in [-0.05, 0) is 43.4 Å². The van der Waals surface area contributed by atoms with E-state index in [0.29, 0.717) is 12.0 Å². The van der Waals surface area contributed by atoms with E-state index >= 15 is 0 Å². The fourth-order valence-corrected chi connectivity index (χ4v) is 2.06. The molecule has 0 fully saturated rings. The van der Waals surface area contributed by atoms with Crippen LogP contribution in [0.1, 0.15) is 56.2 Å². The second-order valence-electron chi connectivity index (χ2n) is 4.88. The highest BCUT2D eigenvalue weighted by Gasteiger charge is 2.08. The van der Waals surface area contributed by atoms with E-state index in [2.05, 4.69) is 50.0 Å². The number of unbranched alkanes of at least 4 members (excludes halogenated alkanes) is 1. The Morgan fingerprint density at radius 3 is 2.24 bits per heavy atom. The molecule has 0 heterocycles. The van der Waals surface area contributed by atoms with Gasteiger partial charge < -0.3 is 5.32 Å². The van der Waals surface area contributed by atoms with E-state index < -0.39 is 0 Å². The van der Waals surface area contributed by atoms with Crippen molar-refractivity contribution >= 4 is 0 Å². The van der Waals surface area contributed by atoms with Crippen LogP contribution < -0.4 is 5.32 Å². The summed E-state index contributed by atoms with van der Waals surface area (Å²) in [6.07, 6.45) is 5.46. The summed E-state index contributed by atoms with van der Waals surface area (Å²) in [6.45, 7) is 8.23. The van der Waals surface area contributed by atoms with Crippen LogP contribution >= 0.6 is 0 Å². The number of benzene rings is 1. The first-order valence-electron chi connectivity index (χ1n) is 6.57. The highest BCUT2D eigenvalue weighted by atomic mass is 14.9. The van der Waals surface area contributed by atoms with Crippen molar-refractivity contribution in [2.75, 3.05) is 7.05 Å². The van der Waals surface area contributed by atoms with Gasteiger partial charge in [-0.3, -0.25) is 0 Å². The Balaban J connectivity index is 2.64. The van der Waals surface area contributed by atoms with Crippen molar-refractivity contribution in [2.24, 2.45) is 0 Å². The minimum absolute atomic E-state index is 0.469. The van der Waals surface area contributed by atoms with Gasteiger partial charge in [0.15, 0.2) is 0 Å². The van der Waals surface area contributed by atoms with Crippen LogP contribution in [-0.2, 0) is 0 Å². The third kappa shape index (κ3) is 4.35. The van der Waals surface area contributed by atoms with E-state index in [4.69, 9.17) is 0 Å². The summed E-state index contributed by atoms with van der Waals surface area (Å²) in [7, 11) is 2.04. The average molecular weight is 231 g/mol. The van der Waals surface area contributed by atoms with E-state index in [0.717, 1.165) is 6.42 Å². The van der Waals surface area contributed by atoms with Gasteiger partial charge in [0.2, 0.25) is 0 Å². The molecule has 0 aromatic heterocycles. The lowest BCUT2D eigenvalue weighted by Gasteiger charge is -2.17. The molecule has 0 bridgehead atoms. The van der Waals surface area contributed by atoms with Crippen LogP contribution in [0.3, 0.4) is 0 Å². The van der Waals surface area contributed by atoms with Crippen molar-refractivity contribution in [1.29, 1.82) is 0 Å². The average Bonchev–Trinajstić information content (AvgIpc) is 2.35. The lowest BCUT2D eigenvalue weighted by atomic mass is 9.97. The molecule has 1 heteroatoms. The second-order valence-corrected chi connectivity index (χ2v) is 4.88. The SMILES string of the molecule is C=CCCCC(NC)c1ccc(C(C)C)cc1. The Kier molecular flexibility index (Phi) is 5.99. The Labute approximate surface area is 106 Å². The molecule has 0 saturated heterocycles. The maximum atomic E-state index is 3.77. The van der Waals surface area contributed by atoms with Crippen LogP contribution in [0.5, 0.6) is 0 Å². The van der Waals surface area contributed by atoms with Gasteiger partial charge in [-0.2, -0.15) is 0 Å². The quantitative estimate of drug-likeness (QED) is 0.541. The fourth-order valence-electron chi connectivity index (χ4n) is 2.06. The predicted octanol–water partition coefficient (Wildman–Crippen LogP) is 4.43. The molecule has 94 valence electrons. The second kappa shape index (κ2) is 7.29. The number of rotatable bonds is 7. The van der Waals surface area contributed by atoms with Gasteiger partial charge in [-0.25, -0.2) is 0 Å². The first-order valence-corrected chi connectivity index (χ1v) is 6.57. The number of hydrogen-bond donors (Lipinski definition) is 1. The summed E-state index contributed by atoms with van der Waals surface area (Å²) in [4.78, 5) is 0. The molecule has 0 aliphatic carbocycles. The van der Waals surface area contributed by atoms with Gasteiger partial charge in [0.05, 0.1) is 0 Å². The molecule has 0 amide bonds. The number of nitrogens with one attached hydrogen (secondary N) is 1. The van der Waals surface area contributed by atoms with Crippen LogP contribution in [-0.4, -0.2) is 7.05 Å². The van der Waals surface area contributed by atoms with E-state index in [-0.39, 0.29) is 0 Å². The van der Waals surface area contributed by atoms with Crippen molar-refractivity contribution < 1.29 is 0 Å². The molecule has 1 nitrogen and oxygen atoms in total. The van der Waals surface area contributed by atoms with E-state index in [1.54, 1.807) is 0 Å². The molecular weight excluding hydrogens is 206 g/mol. The van der Waals surface area contributed by atoms with E-state index in [1.807, 2.05) is 13.1 Å². The maximum absolute atomic E-state index is 3.77. The van der Waals surface area contributed by atoms with Crippen molar-refractivity contribution in [3.05, 3.63) is 48.0 Å². The lowest BCUT2D eigenvalue weighted by Crippen LogP contribution is -2.16. The number of hydrogen-bond acceptors (Lipinski definition) is 1. The lowest BCUT2D eigenvalue weighted by molar-refractivity contribution is 0.530. The van der Waals surface area contributed by atoms with Crippen molar-refractivity contribution in [1.82, 2.24) is 5.32 Å². The molecule has 1 aromatic carbocycles. The normalized spacial score (nSPS) is 12.7. The van der Waals surface area contributed by atoms with Crippen molar-refractivity contribution in [3.63, 3.8) is 0 Å². The zero-order valence-electron chi connectivity index (χ0n) is 11.4. The highest BCUT2D eigenvalue weighted by molar-refractivity contribution is 5.26. The summed E-state index contributed by atoms with van der Waals surface area (Å²) in [5.41, 5.74) is 2.80. The zero-order valence-corrected chi connectivity index (χ0v) is 11.4. The van der Waals surface area contributed by atoms with Crippen LogP contribution in [0.25, 0.3) is 0 Å². The number of allylic oxidation sites excluding steroid dienone is 1. The molecule has 1 aromatic rings. The minimum Gasteiger partial charge on any atom is -0.313 e. The van der Waals surface area contributed by atoms with Gasteiger partial charge in [-0.15, -0.1) is 6.58 Å². The summed E-state index contributed by atoms with van der Waals surface area (Å²) in [6, 6.07) is 9.47. The topological polar surface area (TPSA) is 12.0 Å². The van der Waals surface area contributed by atoms with Gasteiger partial charge in [-0.1, -0.05) is 44.2 Å². The summed E-state index contributed by atoms with van der Waals surface area (Å²) in [5.74, 6) is 0.609. The fraction of sp³-hybridized carbons (Fsp3) is 0.500. The van der Waals surface area contributed by atoms with Gasteiger partial charge >= 0.3 is 0 Å². The first-order chi connectivity index (χ1) is 8.19. The maximum Gasteiger partial charge on any atom is 0.0317 e. The first kappa shape index (κ1) is 14.0. The third-order valence-corrected chi connectivity index (χ3v) is 3.26.